The zero-order valence-electron chi connectivity index (χ0n) is 10.1. The molecular formula is C14H11BrClF2N. The van der Waals surface area contributed by atoms with Crippen LogP contribution in [0.2, 0.25) is 5.02 Å². The fraction of sp³-hybridized carbons (Fsp3) is 0.143. The van der Waals surface area contributed by atoms with Gasteiger partial charge < -0.3 is 5.32 Å². The highest BCUT2D eigenvalue weighted by Gasteiger charge is 2.11. The second kappa shape index (κ2) is 5.88. The van der Waals surface area contributed by atoms with Crippen LogP contribution >= 0.6 is 27.5 Å². The number of halogens is 4. The maximum absolute atomic E-state index is 13.2. The SMILES string of the molecule is CC(Nc1cccc(Cl)c1Br)c1cc(F)cc(F)c1. The van der Waals surface area contributed by atoms with Gasteiger partial charge in [-0.3, -0.25) is 0 Å². The number of nitrogens with one attached hydrogen (secondary N) is 1. The molecule has 0 aliphatic carbocycles. The molecule has 2 aromatic rings. The summed E-state index contributed by atoms with van der Waals surface area (Å²) in [6, 6.07) is 8.60. The van der Waals surface area contributed by atoms with Crippen molar-refractivity contribution in [2.75, 3.05) is 5.32 Å². The number of anilines is 1. The summed E-state index contributed by atoms with van der Waals surface area (Å²) in [7, 11) is 0. The van der Waals surface area contributed by atoms with Crippen LogP contribution in [0.3, 0.4) is 0 Å². The van der Waals surface area contributed by atoms with Crippen LogP contribution in [0.25, 0.3) is 0 Å². The molecule has 1 atom stereocenters. The summed E-state index contributed by atoms with van der Waals surface area (Å²) in [4.78, 5) is 0. The molecule has 0 aromatic heterocycles. The summed E-state index contributed by atoms with van der Waals surface area (Å²) in [6.45, 7) is 1.82. The molecule has 0 heterocycles. The second-order valence-corrected chi connectivity index (χ2v) is 5.37. The van der Waals surface area contributed by atoms with E-state index in [1.807, 2.05) is 13.0 Å². The van der Waals surface area contributed by atoms with E-state index in [9.17, 15) is 8.78 Å². The highest BCUT2D eigenvalue weighted by atomic mass is 79.9. The molecule has 19 heavy (non-hydrogen) atoms. The van der Waals surface area contributed by atoms with Crippen LogP contribution in [-0.2, 0) is 0 Å². The third-order valence-electron chi connectivity index (χ3n) is 2.71. The Morgan fingerprint density at radius 1 is 1.16 bits per heavy atom. The van der Waals surface area contributed by atoms with E-state index < -0.39 is 11.6 Å². The fourth-order valence-electron chi connectivity index (χ4n) is 1.76. The van der Waals surface area contributed by atoms with E-state index in [1.165, 1.54) is 12.1 Å². The Bertz CT molecular complexity index is 584. The molecule has 0 spiro atoms. The van der Waals surface area contributed by atoms with Crippen LogP contribution in [0.15, 0.2) is 40.9 Å². The minimum atomic E-state index is -0.589. The van der Waals surface area contributed by atoms with Crippen LogP contribution in [0.5, 0.6) is 0 Å². The molecule has 100 valence electrons. The topological polar surface area (TPSA) is 12.0 Å². The average Bonchev–Trinajstić information content (AvgIpc) is 2.33. The van der Waals surface area contributed by atoms with E-state index in [0.29, 0.717) is 10.6 Å². The van der Waals surface area contributed by atoms with Crippen LogP contribution < -0.4 is 5.32 Å². The Kier molecular flexibility index (Phi) is 4.42. The van der Waals surface area contributed by atoms with Crippen molar-refractivity contribution in [3.05, 3.63) is 63.1 Å². The summed E-state index contributed by atoms with van der Waals surface area (Å²) >= 11 is 9.35. The monoisotopic (exact) mass is 345 g/mol. The van der Waals surface area contributed by atoms with Gasteiger partial charge in [-0.05, 0) is 52.7 Å². The summed E-state index contributed by atoms with van der Waals surface area (Å²) in [6.07, 6.45) is 0. The third-order valence-corrected chi connectivity index (χ3v) is 4.11. The highest BCUT2D eigenvalue weighted by Crippen LogP contribution is 2.32. The number of benzene rings is 2. The van der Waals surface area contributed by atoms with E-state index in [4.69, 9.17) is 11.6 Å². The predicted molar refractivity (Wildman–Crippen MR) is 77.5 cm³/mol. The van der Waals surface area contributed by atoms with Gasteiger partial charge >= 0.3 is 0 Å². The maximum atomic E-state index is 13.2. The van der Waals surface area contributed by atoms with E-state index in [1.54, 1.807) is 12.1 Å². The van der Waals surface area contributed by atoms with Crippen LogP contribution in [0.1, 0.15) is 18.5 Å². The smallest absolute Gasteiger partial charge is 0.126 e. The Morgan fingerprint density at radius 2 is 1.79 bits per heavy atom. The first kappa shape index (κ1) is 14.3. The Balaban J connectivity index is 2.25. The van der Waals surface area contributed by atoms with Crippen molar-refractivity contribution in [3.8, 4) is 0 Å². The van der Waals surface area contributed by atoms with Crippen LogP contribution in [0, 0.1) is 11.6 Å². The molecule has 0 fully saturated rings. The Labute approximate surface area is 123 Å². The van der Waals surface area contributed by atoms with Crippen LogP contribution in [0.4, 0.5) is 14.5 Å². The van der Waals surface area contributed by atoms with E-state index >= 15 is 0 Å². The molecule has 0 saturated heterocycles. The maximum Gasteiger partial charge on any atom is 0.126 e. The largest absolute Gasteiger partial charge is 0.378 e. The van der Waals surface area contributed by atoms with Gasteiger partial charge in [0.15, 0.2) is 0 Å². The zero-order chi connectivity index (χ0) is 14.0. The normalized spacial score (nSPS) is 12.3. The van der Waals surface area contributed by atoms with Crippen molar-refractivity contribution < 1.29 is 8.78 Å². The third kappa shape index (κ3) is 3.45. The van der Waals surface area contributed by atoms with Crippen molar-refractivity contribution in [2.45, 2.75) is 13.0 Å². The first-order valence-corrected chi connectivity index (χ1v) is 6.81. The number of rotatable bonds is 3. The molecule has 0 aliphatic heterocycles. The Morgan fingerprint density at radius 3 is 2.42 bits per heavy atom. The molecule has 0 saturated carbocycles. The summed E-state index contributed by atoms with van der Waals surface area (Å²) in [5.41, 5.74) is 1.30. The zero-order valence-corrected chi connectivity index (χ0v) is 12.4. The predicted octanol–water partition coefficient (Wildman–Crippen LogP) is 5.55. The van der Waals surface area contributed by atoms with E-state index in [-0.39, 0.29) is 6.04 Å². The van der Waals surface area contributed by atoms with Crippen molar-refractivity contribution in [2.24, 2.45) is 0 Å². The van der Waals surface area contributed by atoms with Crippen molar-refractivity contribution >= 4 is 33.2 Å². The van der Waals surface area contributed by atoms with Gasteiger partial charge in [0.1, 0.15) is 11.6 Å². The quantitative estimate of drug-likeness (QED) is 0.768. The van der Waals surface area contributed by atoms with Gasteiger partial charge in [-0.25, -0.2) is 8.78 Å². The minimum Gasteiger partial charge on any atom is -0.378 e. The Hall–Kier alpha value is -1.13. The fourth-order valence-corrected chi connectivity index (χ4v) is 2.31. The first-order valence-electron chi connectivity index (χ1n) is 5.64. The lowest BCUT2D eigenvalue weighted by Gasteiger charge is -2.17. The van der Waals surface area contributed by atoms with Gasteiger partial charge in [-0.2, -0.15) is 0 Å². The van der Waals surface area contributed by atoms with Gasteiger partial charge in [0.05, 0.1) is 15.2 Å². The molecule has 0 radical (unpaired) electrons. The molecule has 0 aliphatic rings. The second-order valence-electron chi connectivity index (χ2n) is 4.17. The summed E-state index contributed by atoms with van der Waals surface area (Å²) < 4.78 is 27.1. The number of hydrogen-bond donors (Lipinski definition) is 1. The average molecular weight is 347 g/mol. The van der Waals surface area contributed by atoms with E-state index in [2.05, 4.69) is 21.2 Å². The van der Waals surface area contributed by atoms with Crippen molar-refractivity contribution in [1.82, 2.24) is 0 Å². The molecule has 0 amide bonds. The van der Waals surface area contributed by atoms with Gasteiger partial charge in [-0.15, -0.1) is 0 Å². The van der Waals surface area contributed by atoms with Gasteiger partial charge in [-0.1, -0.05) is 17.7 Å². The van der Waals surface area contributed by atoms with E-state index in [0.717, 1.165) is 16.2 Å². The molecule has 2 rings (SSSR count). The van der Waals surface area contributed by atoms with Gasteiger partial charge in [0.25, 0.3) is 0 Å². The molecule has 1 N–H and O–H groups in total. The summed E-state index contributed by atoms with van der Waals surface area (Å²) in [5.74, 6) is -1.18. The highest BCUT2D eigenvalue weighted by molar-refractivity contribution is 9.10. The lowest BCUT2D eigenvalue weighted by atomic mass is 10.1. The first-order chi connectivity index (χ1) is 8.97. The molecule has 1 unspecified atom stereocenters. The van der Waals surface area contributed by atoms with Gasteiger partial charge in [0.2, 0.25) is 0 Å². The molecular weight excluding hydrogens is 336 g/mol. The minimum absolute atomic E-state index is 0.250. The summed E-state index contributed by atoms with van der Waals surface area (Å²) in [5, 5.41) is 3.73. The lowest BCUT2D eigenvalue weighted by Crippen LogP contribution is -2.08. The molecule has 1 nitrogen and oxygen atoms in total. The number of hydrogen-bond acceptors (Lipinski definition) is 1. The molecule has 2 aromatic carbocycles. The molecule has 5 heteroatoms. The standard InChI is InChI=1S/C14H11BrClF2N/c1-8(9-5-10(17)7-11(18)6-9)19-13-4-2-3-12(16)14(13)15/h2-8,19H,1H3. The van der Waals surface area contributed by atoms with Gasteiger partial charge in [0, 0.05) is 12.1 Å². The van der Waals surface area contributed by atoms with Crippen molar-refractivity contribution in [1.29, 1.82) is 0 Å². The van der Waals surface area contributed by atoms with Crippen LogP contribution in [-0.4, -0.2) is 0 Å². The molecule has 0 bridgehead atoms. The lowest BCUT2D eigenvalue weighted by molar-refractivity contribution is 0.577. The van der Waals surface area contributed by atoms with Crippen molar-refractivity contribution in [3.63, 3.8) is 0 Å².